The molecule has 1 heterocycles. The van der Waals surface area contributed by atoms with Crippen LogP contribution in [0, 0.1) is 5.92 Å². The number of halogens is 2. The van der Waals surface area contributed by atoms with Gasteiger partial charge in [0.15, 0.2) is 0 Å². The lowest BCUT2D eigenvalue weighted by atomic mass is 10.0. The van der Waals surface area contributed by atoms with Crippen LogP contribution < -0.4 is 10.0 Å². The maximum absolute atomic E-state index is 12.1. The van der Waals surface area contributed by atoms with Gasteiger partial charge in [-0.3, -0.25) is 4.72 Å². The van der Waals surface area contributed by atoms with Crippen molar-refractivity contribution in [2.24, 2.45) is 5.92 Å². The monoisotopic (exact) mass is 366 g/mol. The Morgan fingerprint density at radius 3 is 2.68 bits per heavy atom. The first kappa shape index (κ1) is 15.1. The molecule has 1 aromatic rings. The first-order chi connectivity index (χ1) is 8.96. The van der Waals surface area contributed by atoms with Gasteiger partial charge in [-0.1, -0.05) is 11.6 Å². The molecule has 2 N–H and O–H groups in total. The molecule has 4 nitrogen and oxygen atoms in total. The predicted molar refractivity (Wildman–Crippen MR) is 82.2 cm³/mol. The van der Waals surface area contributed by atoms with Crippen molar-refractivity contribution in [2.45, 2.75) is 12.8 Å². The van der Waals surface area contributed by atoms with Crippen LogP contribution in [0.25, 0.3) is 0 Å². The van der Waals surface area contributed by atoms with Gasteiger partial charge in [-0.05, 0) is 66.0 Å². The molecule has 106 valence electrons. The molecule has 0 aliphatic carbocycles. The topological polar surface area (TPSA) is 58.2 Å². The van der Waals surface area contributed by atoms with E-state index < -0.39 is 10.0 Å². The molecule has 1 aromatic carbocycles. The van der Waals surface area contributed by atoms with Crippen LogP contribution in [0.4, 0.5) is 5.69 Å². The Labute approximate surface area is 127 Å². The third-order valence-corrected chi connectivity index (χ3v) is 5.80. The van der Waals surface area contributed by atoms with Crippen molar-refractivity contribution in [2.75, 3.05) is 23.6 Å². The minimum Gasteiger partial charge on any atom is -0.317 e. The number of benzene rings is 1. The summed E-state index contributed by atoms with van der Waals surface area (Å²) < 4.78 is 27.5. The zero-order valence-corrected chi connectivity index (χ0v) is 13.5. The molecule has 0 radical (unpaired) electrons. The van der Waals surface area contributed by atoms with Gasteiger partial charge in [0.25, 0.3) is 0 Å². The summed E-state index contributed by atoms with van der Waals surface area (Å²) in [6.07, 6.45) is 1.81. The Bertz CT molecular complexity index is 545. The van der Waals surface area contributed by atoms with Gasteiger partial charge in [-0.15, -0.1) is 0 Å². The summed E-state index contributed by atoms with van der Waals surface area (Å²) >= 11 is 9.22. The number of rotatable bonds is 4. The summed E-state index contributed by atoms with van der Waals surface area (Å²) in [6.45, 7) is 1.79. The highest BCUT2D eigenvalue weighted by atomic mass is 79.9. The zero-order valence-electron chi connectivity index (χ0n) is 10.3. The van der Waals surface area contributed by atoms with E-state index in [0.717, 1.165) is 30.4 Å². The number of hydrogen-bond acceptors (Lipinski definition) is 3. The first-order valence-electron chi connectivity index (χ1n) is 6.12. The normalized spacial score (nSPS) is 17.4. The summed E-state index contributed by atoms with van der Waals surface area (Å²) in [7, 11) is -3.32. The SMILES string of the molecule is O=S(=O)(CC1CCNCC1)Nc1ccc(Br)c(Cl)c1. The Morgan fingerprint density at radius 2 is 2.05 bits per heavy atom. The lowest BCUT2D eigenvalue weighted by Gasteiger charge is -2.22. The van der Waals surface area contributed by atoms with E-state index in [9.17, 15) is 8.42 Å². The van der Waals surface area contributed by atoms with Crippen LogP contribution in [0.3, 0.4) is 0 Å². The van der Waals surface area contributed by atoms with Gasteiger partial charge in [-0.2, -0.15) is 0 Å². The standard InChI is InChI=1S/C12H16BrClN2O2S/c13-11-2-1-10(7-12(11)14)16-19(17,18)8-9-3-5-15-6-4-9/h1-2,7,9,15-16H,3-6,8H2. The summed E-state index contributed by atoms with van der Waals surface area (Å²) in [5, 5.41) is 3.71. The minimum absolute atomic E-state index is 0.169. The van der Waals surface area contributed by atoms with Crippen molar-refractivity contribution < 1.29 is 8.42 Å². The Morgan fingerprint density at radius 1 is 1.37 bits per heavy atom. The third-order valence-electron chi connectivity index (χ3n) is 3.11. The van der Waals surface area contributed by atoms with Gasteiger partial charge in [0.1, 0.15) is 0 Å². The van der Waals surface area contributed by atoms with Gasteiger partial charge in [-0.25, -0.2) is 8.42 Å². The molecule has 2 rings (SSSR count). The summed E-state index contributed by atoms with van der Waals surface area (Å²) in [6, 6.07) is 5.02. The molecule has 1 fully saturated rings. The van der Waals surface area contributed by atoms with E-state index in [-0.39, 0.29) is 11.7 Å². The molecule has 1 aliphatic heterocycles. The maximum atomic E-state index is 12.1. The van der Waals surface area contributed by atoms with E-state index in [1.807, 2.05) is 0 Å². The molecular formula is C12H16BrClN2O2S. The number of sulfonamides is 1. The summed E-state index contributed by atoms with van der Waals surface area (Å²) in [5.74, 6) is 0.396. The average Bonchev–Trinajstić information content (AvgIpc) is 2.34. The van der Waals surface area contributed by atoms with Crippen LogP contribution in [0.2, 0.25) is 5.02 Å². The fraction of sp³-hybridized carbons (Fsp3) is 0.500. The average molecular weight is 368 g/mol. The lowest BCUT2D eigenvalue weighted by molar-refractivity contribution is 0.402. The van der Waals surface area contributed by atoms with Crippen molar-refractivity contribution in [3.8, 4) is 0 Å². The second-order valence-corrected chi connectivity index (χ2v) is 7.73. The van der Waals surface area contributed by atoms with E-state index in [1.54, 1.807) is 18.2 Å². The van der Waals surface area contributed by atoms with Crippen molar-refractivity contribution in [3.05, 3.63) is 27.7 Å². The van der Waals surface area contributed by atoms with Gasteiger partial charge < -0.3 is 5.32 Å². The van der Waals surface area contributed by atoms with Crippen LogP contribution in [-0.2, 0) is 10.0 Å². The lowest BCUT2D eigenvalue weighted by Crippen LogP contribution is -2.33. The quantitative estimate of drug-likeness (QED) is 0.860. The van der Waals surface area contributed by atoms with Crippen LogP contribution in [0.5, 0.6) is 0 Å². The second kappa shape index (κ2) is 6.43. The number of nitrogens with one attached hydrogen (secondary N) is 2. The molecule has 19 heavy (non-hydrogen) atoms. The molecule has 0 spiro atoms. The molecule has 0 amide bonds. The van der Waals surface area contributed by atoms with Gasteiger partial charge in [0.05, 0.1) is 16.5 Å². The van der Waals surface area contributed by atoms with E-state index in [4.69, 9.17) is 11.6 Å². The molecule has 1 saturated heterocycles. The molecule has 0 atom stereocenters. The van der Waals surface area contributed by atoms with Gasteiger partial charge in [0.2, 0.25) is 10.0 Å². The molecule has 7 heteroatoms. The highest BCUT2D eigenvalue weighted by Crippen LogP contribution is 2.26. The fourth-order valence-corrected chi connectivity index (χ4v) is 4.09. The maximum Gasteiger partial charge on any atom is 0.232 e. The molecule has 0 aromatic heterocycles. The van der Waals surface area contributed by atoms with E-state index >= 15 is 0 Å². The smallest absolute Gasteiger partial charge is 0.232 e. The second-order valence-electron chi connectivity index (χ2n) is 4.71. The Hall–Kier alpha value is -0.300. The summed E-state index contributed by atoms with van der Waals surface area (Å²) in [4.78, 5) is 0. The van der Waals surface area contributed by atoms with Crippen molar-refractivity contribution >= 4 is 43.2 Å². The number of piperidine rings is 1. The number of anilines is 1. The predicted octanol–water partition coefficient (Wildman–Crippen LogP) is 2.84. The van der Waals surface area contributed by atoms with Crippen molar-refractivity contribution in [3.63, 3.8) is 0 Å². The Balaban J connectivity index is 2.01. The fourth-order valence-electron chi connectivity index (χ4n) is 2.14. The van der Waals surface area contributed by atoms with Crippen LogP contribution in [0.1, 0.15) is 12.8 Å². The minimum atomic E-state index is -3.32. The van der Waals surface area contributed by atoms with Gasteiger partial charge in [0, 0.05) is 4.47 Å². The first-order valence-corrected chi connectivity index (χ1v) is 8.95. The zero-order chi connectivity index (χ0) is 13.9. The Kier molecular flexibility index (Phi) is 5.11. The summed E-state index contributed by atoms with van der Waals surface area (Å²) in [5.41, 5.74) is 0.502. The van der Waals surface area contributed by atoms with E-state index in [1.165, 1.54) is 0 Å². The highest BCUT2D eigenvalue weighted by Gasteiger charge is 2.21. The molecular weight excluding hydrogens is 352 g/mol. The number of hydrogen-bond donors (Lipinski definition) is 2. The van der Waals surface area contributed by atoms with Gasteiger partial charge >= 0.3 is 0 Å². The van der Waals surface area contributed by atoms with Crippen LogP contribution in [-0.4, -0.2) is 27.3 Å². The van der Waals surface area contributed by atoms with Crippen molar-refractivity contribution in [1.29, 1.82) is 0 Å². The van der Waals surface area contributed by atoms with E-state index in [0.29, 0.717) is 10.7 Å². The molecule has 0 saturated carbocycles. The third kappa shape index (κ3) is 4.63. The molecule has 0 unspecified atom stereocenters. The molecule has 1 aliphatic rings. The van der Waals surface area contributed by atoms with Crippen LogP contribution in [0.15, 0.2) is 22.7 Å². The van der Waals surface area contributed by atoms with Crippen molar-refractivity contribution in [1.82, 2.24) is 5.32 Å². The largest absolute Gasteiger partial charge is 0.317 e. The van der Waals surface area contributed by atoms with E-state index in [2.05, 4.69) is 26.0 Å². The van der Waals surface area contributed by atoms with Crippen LogP contribution >= 0.6 is 27.5 Å². The molecule has 0 bridgehead atoms. The highest BCUT2D eigenvalue weighted by molar-refractivity contribution is 9.10.